The molecule has 1 saturated carbocycles. The molecule has 5 rings (SSSR count). The van der Waals surface area contributed by atoms with E-state index in [9.17, 15) is 32.3 Å². The zero-order valence-electron chi connectivity index (χ0n) is 35.5. The Balaban J connectivity index is 0.864. The van der Waals surface area contributed by atoms with Crippen molar-refractivity contribution in [1.82, 2.24) is 10.0 Å². The summed E-state index contributed by atoms with van der Waals surface area (Å²) in [5.74, 6) is -2.86. The van der Waals surface area contributed by atoms with Crippen LogP contribution in [-0.4, -0.2) is 124 Å². The van der Waals surface area contributed by atoms with Gasteiger partial charge in [0.05, 0.1) is 97.2 Å². The number of ketones is 1. The van der Waals surface area contributed by atoms with E-state index in [4.69, 9.17) is 32.8 Å². The van der Waals surface area contributed by atoms with E-state index in [2.05, 4.69) is 14.8 Å². The summed E-state index contributed by atoms with van der Waals surface area (Å²) < 4.78 is 86.4. The van der Waals surface area contributed by atoms with E-state index in [1.54, 1.807) is 37.3 Å². The highest BCUT2D eigenvalue weighted by Gasteiger charge is 2.31. The largest absolute Gasteiger partial charge is 0.507 e. The number of sulfonamides is 1. The average molecular weight is 899 g/mol. The summed E-state index contributed by atoms with van der Waals surface area (Å²) in [6.45, 7) is 5.88. The standard InChI is InChI=1S/C45H55FN2O14S/c1-3-61-45(52)40(50)28-39(49)33-6-4-31(5-7-33)29-60-25-24-59-23-22-58-21-20-57-19-18-56-17-16-55-15-14-48-63(53,54)30-35-26-41-38(27-37(35)32-8-9-32)42(44(51)47-2)43(62-41)34-10-12-36(46)13-11-34/h4-7,10-13,26-28,32,48-49H,3,8-9,14-25,29-30H2,1-2H3,(H,47,51). The first-order valence-electron chi connectivity index (χ1n) is 20.7. The molecule has 0 aliphatic heterocycles. The van der Waals surface area contributed by atoms with Gasteiger partial charge in [0.1, 0.15) is 22.9 Å². The summed E-state index contributed by atoms with van der Waals surface area (Å²) in [5, 5.41) is 13.3. The van der Waals surface area contributed by atoms with Gasteiger partial charge in [-0.05, 0) is 78.8 Å². The van der Waals surface area contributed by atoms with Crippen LogP contribution in [0.1, 0.15) is 58.3 Å². The fraction of sp³-hybridized carbons (Fsp3) is 0.444. The molecule has 18 heteroatoms. The van der Waals surface area contributed by atoms with Gasteiger partial charge in [-0.2, -0.15) is 0 Å². The van der Waals surface area contributed by atoms with Crippen LogP contribution < -0.4 is 10.0 Å². The van der Waals surface area contributed by atoms with Gasteiger partial charge in [-0.15, -0.1) is 0 Å². The van der Waals surface area contributed by atoms with E-state index < -0.39 is 27.6 Å². The van der Waals surface area contributed by atoms with Crippen molar-refractivity contribution in [2.75, 3.05) is 92.9 Å². The number of esters is 1. The van der Waals surface area contributed by atoms with E-state index in [1.807, 2.05) is 6.07 Å². The van der Waals surface area contributed by atoms with Gasteiger partial charge in [0.2, 0.25) is 10.0 Å². The number of rotatable bonds is 30. The second kappa shape index (κ2) is 25.3. The summed E-state index contributed by atoms with van der Waals surface area (Å²) in [5.41, 5.74) is 3.91. The van der Waals surface area contributed by atoms with Gasteiger partial charge in [0.25, 0.3) is 11.7 Å². The Morgan fingerprint density at radius 3 is 1.94 bits per heavy atom. The van der Waals surface area contributed by atoms with Gasteiger partial charge in [-0.3, -0.25) is 9.59 Å². The minimum Gasteiger partial charge on any atom is -0.507 e. The van der Waals surface area contributed by atoms with Crippen LogP contribution in [0.2, 0.25) is 0 Å². The Labute approximate surface area is 366 Å². The maximum absolute atomic E-state index is 13.6. The number of ether oxygens (including phenoxy) is 7. The molecule has 342 valence electrons. The fourth-order valence-electron chi connectivity index (χ4n) is 6.31. The Hall–Kier alpha value is -5.05. The molecule has 0 unspecified atom stereocenters. The van der Waals surface area contributed by atoms with E-state index in [1.165, 1.54) is 31.3 Å². The zero-order valence-corrected chi connectivity index (χ0v) is 36.3. The van der Waals surface area contributed by atoms with Crippen molar-refractivity contribution >= 4 is 44.4 Å². The molecule has 0 radical (unpaired) electrons. The normalized spacial score (nSPS) is 13.1. The van der Waals surface area contributed by atoms with E-state index >= 15 is 0 Å². The topological polar surface area (TPSA) is 207 Å². The number of furan rings is 1. The lowest BCUT2D eigenvalue weighted by Gasteiger charge is -2.12. The van der Waals surface area contributed by atoms with Crippen LogP contribution in [0.25, 0.3) is 28.1 Å². The molecular formula is C45H55FN2O14S. The Bertz CT molecular complexity index is 2240. The molecule has 63 heavy (non-hydrogen) atoms. The molecule has 0 spiro atoms. The van der Waals surface area contributed by atoms with Crippen molar-refractivity contribution in [1.29, 1.82) is 0 Å². The van der Waals surface area contributed by atoms with Gasteiger partial charge in [0.15, 0.2) is 0 Å². The molecule has 1 fully saturated rings. The quantitative estimate of drug-likeness (QED) is 0.0202. The minimum absolute atomic E-state index is 0.0689. The number of halogens is 1. The Morgan fingerprint density at radius 1 is 0.810 bits per heavy atom. The first kappa shape index (κ1) is 49.0. The van der Waals surface area contributed by atoms with Crippen molar-refractivity contribution in [3.05, 3.63) is 100 Å². The summed E-state index contributed by atoms with van der Waals surface area (Å²) in [6, 6.07) is 15.9. The molecule has 16 nitrogen and oxygen atoms in total. The van der Waals surface area contributed by atoms with E-state index in [0.29, 0.717) is 99.3 Å². The molecule has 3 N–H and O–H groups in total. The molecule has 0 bridgehead atoms. The number of fused-ring (bicyclic) bond motifs is 1. The van der Waals surface area contributed by atoms with Crippen LogP contribution in [0.4, 0.5) is 4.39 Å². The van der Waals surface area contributed by atoms with Gasteiger partial charge < -0.3 is 48.0 Å². The molecule has 1 aliphatic carbocycles. The van der Waals surface area contributed by atoms with Crippen LogP contribution >= 0.6 is 0 Å². The summed E-state index contributed by atoms with van der Waals surface area (Å²) in [7, 11) is -2.22. The predicted molar refractivity (Wildman–Crippen MR) is 230 cm³/mol. The third-order valence-electron chi connectivity index (χ3n) is 9.56. The van der Waals surface area contributed by atoms with Crippen molar-refractivity contribution in [3.63, 3.8) is 0 Å². The molecule has 1 aliphatic rings. The molecule has 3 aromatic carbocycles. The number of aliphatic hydroxyl groups is 1. The SMILES string of the molecule is CCOC(=O)C(=O)C=C(O)c1ccc(COCCOCCOCCOCCOCCOCCNS(=O)(=O)Cc2cc3oc(-c4ccc(F)cc4)c(C(=O)NC)c3cc2C2CC2)cc1. The number of amides is 1. The molecule has 0 atom stereocenters. The van der Waals surface area contributed by atoms with Crippen molar-refractivity contribution in [3.8, 4) is 11.3 Å². The number of hydrogen-bond donors (Lipinski definition) is 3. The first-order valence-corrected chi connectivity index (χ1v) is 22.4. The number of aliphatic hydroxyl groups excluding tert-OH is 1. The molecule has 1 heterocycles. The van der Waals surface area contributed by atoms with Gasteiger partial charge >= 0.3 is 5.97 Å². The Morgan fingerprint density at radius 2 is 1.38 bits per heavy atom. The number of carbonyl (C=O) groups is 3. The van der Waals surface area contributed by atoms with Crippen molar-refractivity contribution in [2.45, 2.75) is 38.0 Å². The monoisotopic (exact) mass is 898 g/mol. The fourth-order valence-corrected chi connectivity index (χ4v) is 7.47. The third-order valence-corrected chi connectivity index (χ3v) is 10.9. The van der Waals surface area contributed by atoms with Crippen LogP contribution in [0.15, 0.2) is 71.2 Å². The molecule has 4 aromatic rings. The lowest BCUT2D eigenvalue weighted by Crippen LogP contribution is -2.29. The highest BCUT2D eigenvalue weighted by molar-refractivity contribution is 7.88. The first-order chi connectivity index (χ1) is 30.5. The maximum atomic E-state index is 13.6. The smallest absolute Gasteiger partial charge is 0.379 e. The molecule has 1 aromatic heterocycles. The second-order valence-corrected chi connectivity index (χ2v) is 16.1. The predicted octanol–water partition coefficient (Wildman–Crippen LogP) is 5.23. The highest BCUT2D eigenvalue weighted by atomic mass is 32.2. The number of carbonyl (C=O) groups excluding carboxylic acids is 3. The lowest BCUT2D eigenvalue weighted by atomic mass is 9.98. The lowest BCUT2D eigenvalue weighted by molar-refractivity contribution is -0.151. The maximum Gasteiger partial charge on any atom is 0.379 e. The van der Waals surface area contributed by atoms with Crippen LogP contribution in [0, 0.1) is 5.82 Å². The Kier molecular flexibility index (Phi) is 19.7. The summed E-state index contributed by atoms with van der Waals surface area (Å²) in [6.07, 6.45) is 2.67. The average Bonchev–Trinajstić information content (AvgIpc) is 4.05. The van der Waals surface area contributed by atoms with Gasteiger partial charge in [0, 0.05) is 36.2 Å². The third kappa shape index (κ3) is 15.9. The second-order valence-electron chi connectivity index (χ2n) is 14.3. The van der Waals surface area contributed by atoms with Crippen molar-refractivity contribution < 1.29 is 69.9 Å². The molecule has 1 amide bonds. The zero-order chi connectivity index (χ0) is 45.0. The van der Waals surface area contributed by atoms with E-state index in [-0.39, 0.29) is 55.5 Å². The van der Waals surface area contributed by atoms with E-state index in [0.717, 1.165) is 30.0 Å². The summed E-state index contributed by atoms with van der Waals surface area (Å²) in [4.78, 5) is 36.1. The van der Waals surface area contributed by atoms with Crippen LogP contribution in [0.5, 0.6) is 0 Å². The number of hydrogen-bond acceptors (Lipinski definition) is 14. The number of benzene rings is 3. The van der Waals surface area contributed by atoms with Gasteiger partial charge in [-0.1, -0.05) is 24.3 Å². The number of nitrogens with one attached hydrogen (secondary N) is 2. The highest BCUT2D eigenvalue weighted by Crippen LogP contribution is 2.45. The minimum atomic E-state index is -3.74. The van der Waals surface area contributed by atoms with Crippen LogP contribution in [-0.2, 0) is 65.1 Å². The van der Waals surface area contributed by atoms with Gasteiger partial charge in [-0.25, -0.2) is 22.3 Å². The van der Waals surface area contributed by atoms with Crippen molar-refractivity contribution in [2.24, 2.45) is 0 Å². The summed E-state index contributed by atoms with van der Waals surface area (Å²) >= 11 is 0. The van der Waals surface area contributed by atoms with Crippen LogP contribution in [0.3, 0.4) is 0 Å². The molecule has 0 saturated heterocycles. The molecular weight excluding hydrogens is 844 g/mol.